The molecule has 4 heteroatoms. The molecule has 0 fully saturated rings. The van der Waals surface area contributed by atoms with Gasteiger partial charge in [0.1, 0.15) is 0 Å². The van der Waals surface area contributed by atoms with Gasteiger partial charge in [-0.25, -0.2) is 0 Å². The van der Waals surface area contributed by atoms with Gasteiger partial charge in [0.15, 0.2) is 11.5 Å². The molecular weight excluding hydrogens is 302 g/mol. The molecule has 2 aromatic carbocycles. The van der Waals surface area contributed by atoms with E-state index >= 15 is 0 Å². The van der Waals surface area contributed by atoms with Crippen LogP contribution in [0.1, 0.15) is 19.4 Å². The number of ether oxygens (including phenoxy) is 2. The number of benzene rings is 2. The molecule has 0 atom stereocenters. The molecule has 24 heavy (non-hydrogen) atoms. The second kappa shape index (κ2) is 8.20. The number of para-hydroxylation sites is 1. The molecule has 0 N–H and O–H groups in total. The second-order valence-corrected chi connectivity index (χ2v) is 5.64. The Hall–Kier alpha value is -2.75. The number of rotatable bonds is 6. The molecule has 1 amide bonds. The first kappa shape index (κ1) is 17.6. The molecule has 0 aromatic heterocycles. The normalized spacial score (nSPS) is 10.9. The standard InChI is InChI=1S/C20H23NO3/c1-15(2)24-18-12-10-16(14-19(18)23-4)11-13-20(22)21(3)17-8-6-5-7-9-17/h5-15H,1-4H3/b13-11+. The van der Waals surface area contributed by atoms with Crippen molar-refractivity contribution in [3.63, 3.8) is 0 Å². The molecule has 126 valence electrons. The largest absolute Gasteiger partial charge is 0.493 e. The molecule has 0 bridgehead atoms. The third-order valence-corrected chi connectivity index (χ3v) is 3.44. The van der Waals surface area contributed by atoms with Crippen LogP contribution in [0.25, 0.3) is 6.08 Å². The number of likely N-dealkylation sites (N-methyl/N-ethyl adjacent to an activating group) is 1. The van der Waals surface area contributed by atoms with E-state index in [9.17, 15) is 4.79 Å². The number of nitrogens with zero attached hydrogens (tertiary/aromatic N) is 1. The highest BCUT2D eigenvalue weighted by molar-refractivity contribution is 6.03. The lowest BCUT2D eigenvalue weighted by Crippen LogP contribution is -2.23. The van der Waals surface area contributed by atoms with E-state index in [0.717, 1.165) is 11.3 Å². The molecule has 0 heterocycles. The Kier molecular flexibility index (Phi) is 6.01. The zero-order valence-electron chi connectivity index (χ0n) is 14.5. The summed E-state index contributed by atoms with van der Waals surface area (Å²) in [5, 5.41) is 0. The van der Waals surface area contributed by atoms with Crippen LogP contribution in [-0.2, 0) is 4.79 Å². The van der Waals surface area contributed by atoms with Gasteiger partial charge in [-0.1, -0.05) is 24.3 Å². The Balaban J connectivity index is 2.12. The van der Waals surface area contributed by atoms with Crippen LogP contribution in [-0.4, -0.2) is 26.2 Å². The summed E-state index contributed by atoms with van der Waals surface area (Å²) in [5.74, 6) is 1.25. The fourth-order valence-corrected chi connectivity index (χ4v) is 2.20. The van der Waals surface area contributed by atoms with E-state index in [4.69, 9.17) is 9.47 Å². The minimum atomic E-state index is -0.0947. The molecule has 0 unspecified atom stereocenters. The van der Waals surface area contributed by atoms with Gasteiger partial charge in [-0.2, -0.15) is 0 Å². The molecule has 0 radical (unpaired) electrons. The number of carbonyl (C=O) groups is 1. The maximum absolute atomic E-state index is 12.3. The summed E-state index contributed by atoms with van der Waals surface area (Å²) in [4.78, 5) is 13.9. The monoisotopic (exact) mass is 325 g/mol. The van der Waals surface area contributed by atoms with E-state index < -0.39 is 0 Å². The Morgan fingerprint density at radius 1 is 1.08 bits per heavy atom. The lowest BCUT2D eigenvalue weighted by Gasteiger charge is -2.15. The van der Waals surface area contributed by atoms with Crippen molar-refractivity contribution >= 4 is 17.7 Å². The summed E-state index contributed by atoms with van der Waals surface area (Å²) in [6.07, 6.45) is 3.38. The zero-order chi connectivity index (χ0) is 17.5. The lowest BCUT2D eigenvalue weighted by atomic mass is 10.2. The highest BCUT2D eigenvalue weighted by Gasteiger charge is 2.08. The number of methoxy groups -OCH3 is 1. The fourth-order valence-electron chi connectivity index (χ4n) is 2.20. The average Bonchev–Trinajstić information content (AvgIpc) is 2.60. The minimum absolute atomic E-state index is 0.0707. The highest BCUT2D eigenvalue weighted by Crippen LogP contribution is 2.29. The third-order valence-electron chi connectivity index (χ3n) is 3.44. The SMILES string of the molecule is COc1cc(/C=C/C(=O)N(C)c2ccccc2)ccc1OC(C)C. The van der Waals surface area contributed by atoms with E-state index in [1.54, 1.807) is 31.2 Å². The van der Waals surface area contributed by atoms with Gasteiger partial charge in [0, 0.05) is 18.8 Å². The lowest BCUT2D eigenvalue weighted by molar-refractivity contribution is -0.113. The van der Waals surface area contributed by atoms with Crippen LogP contribution in [0, 0.1) is 0 Å². The van der Waals surface area contributed by atoms with Gasteiger partial charge in [0.05, 0.1) is 13.2 Å². The Labute approximate surface area is 143 Å². The first-order valence-corrected chi connectivity index (χ1v) is 7.86. The molecule has 0 saturated heterocycles. The van der Waals surface area contributed by atoms with Crippen LogP contribution in [0.4, 0.5) is 5.69 Å². The van der Waals surface area contributed by atoms with Gasteiger partial charge in [-0.15, -0.1) is 0 Å². The van der Waals surface area contributed by atoms with E-state index in [1.165, 1.54) is 0 Å². The molecule has 0 saturated carbocycles. The highest BCUT2D eigenvalue weighted by atomic mass is 16.5. The van der Waals surface area contributed by atoms with Crippen LogP contribution in [0.5, 0.6) is 11.5 Å². The maximum atomic E-state index is 12.3. The van der Waals surface area contributed by atoms with Crippen molar-refractivity contribution in [1.82, 2.24) is 0 Å². The Morgan fingerprint density at radius 3 is 2.42 bits per heavy atom. The number of amides is 1. The van der Waals surface area contributed by atoms with Gasteiger partial charge in [-0.05, 0) is 49.8 Å². The molecule has 0 aliphatic heterocycles. The molecule has 0 aliphatic carbocycles. The van der Waals surface area contributed by atoms with Crippen molar-refractivity contribution in [2.24, 2.45) is 0 Å². The molecule has 0 aliphatic rings. The quantitative estimate of drug-likeness (QED) is 0.749. The zero-order valence-corrected chi connectivity index (χ0v) is 14.5. The van der Waals surface area contributed by atoms with E-state index in [-0.39, 0.29) is 12.0 Å². The number of hydrogen-bond donors (Lipinski definition) is 0. The van der Waals surface area contributed by atoms with Crippen LogP contribution in [0.2, 0.25) is 0 Å². The predicted octanol–water partition coefficient (Wildman–Crippen LogP) is 4.16. The Morgan fingerprint density at radius 2 is 1.79 bits per heavy atom. The molecule has 2 aromatic rings. The van der Waals surface area contributed by atoms with E-state index in [0.29, 0.717) is 11.5 Å². The first-order chi connectivity index (χ1) is 11.5. The molecule has 0 spiro atoms. The fraction of sp³-hybridized carbons (Fsp3) is 0.250. The van der Waals surface area contributed by atoms with Gasteiger partial charge < -0.3 is 14.4 Å². The summed E-state index contributed by atoms with van der Waals surface area (Å²) >= 11 is 0. The van der Waals surface area contributed by atoms with Gasteiger partial charge in [0.2, 0.25) is 0 Å². The molecule has 4 nitrogen and oxygen atoms in total. The van der Waals surface area contributed by atoms with E-state index in [1.807, 2.05) is 62.4 Å². The van der Waals surface area contributed by atoms with Crippen LogP contribution >= 0.6 is 0 Å². The summed E-state index contributed by atoms with van der Waals surface area (Å²) in [6, 6.07) is 15.1. The van der Waals surface area contributed by atoms with Gasteiger partial charge in [0.25, 0.3) is 5.91 Å². The molecular formula is C20H23NO3. The van der Waals surface area contributed by atoms with E-state index in [2.05, 4.69) is 0 Å². The van der Waals surface area contributed by atoms with Crippen molar-refractivity contribution < 1.29 is 14.3 Å². The maximum Gasteiger partial charge on any atom is 0.250 e. The topological polar surface area (TPSA) is 38.8 Å². The van der Waals surface area contributed by atoms with Crippen LogP contribution < -0.4 is 14.4 Å². The summed E-state index contributed by atoms with van der Waals surface area (Å²) in [6.45, 7) is 3.93. The first-order valence-electron chi connectivity index (χ1n) is 7.86. The van der Waals surface area contributed by atoms with Crippen molar-refractivity contribution in [1.29, 1.82) is 0 Å². The summed E-state index contributed by atoms with van der Waals surface area (Å²) in [7, 11) is 3.35. The van der Waals surface area contributed by atoms with Crippen molar-refractivity contribution in [2.75, 3.05) is 19.1 Å². The smallest absolute Gasteiger partial charge is 0.250 e. The number of carbonyl (C=O) groups excluding carboxylic acids is 1. The summed E-state index contributed by atoms with van der Waals surface area (Å²) in [5.41, 5.74) is 1.73. The number of hydrogen-bond acceptors (Lipinski definition) is 3. The van der Waals surface area contributed by atoms with Crippen molar-refractivity contribution in [3.05, 3.63) is 60.2 Å². The third kappa shape index (κ3) is 4.62. The van der Waals surface area contributed by atoms with Gasteiger partial charge >= 0.3 is 0 Å². The second-order valence-electron chi connectivity index (χ2n) is 5.64. The van der Waals surface area contributed by atoms with Crippen LogP contribution in [0.3, 0.4) is 0 Å². The van der Waals surface area contributed by atoms with Gasteiger partial charge in [-0.3, -0.25) is 4.79 Å². The average molecular weight is 325 g/mol. The molecule has 2 rings (SSSR count). The van der Waals surface area contributed by atoms with Crippen molar-refractivity contribution in [2.45, 2.75) is 20.0 Å². The van der Waals surface area contributed by atoms with Crippen LogP contribution in [0.15, 0.2) is 54.6 Å². The number of anilines is 1. The van der Waals surface area contributed by atoms with Crippen molar-refractivity contribution in [3.8, 4) is 11.5 Å². The Bertz CT molecular complexity index is 708. The summed E-state index contributed by atoms with van der Waals surface area (Å²) < 4.78 is 11.0. The predicted molar refractivity (Wildman–Crippen MR) is 97.6 cm³/mol. The minimum Gasteiger partial charge on any atom is -0.493 e.